The number of aromatic nitrogens is 2. The second-order valence-corrected chi connectivity index (χ2v) is 3.11. The fourth-order valence-electron chi connectivity index (χ4n) is 1.24. The molecular formula is C10H12N4O2. The Morgan fingerprint density at radius 1 is 1.44 bits per heavy atom. The number of hydrogen-bond acceptors (Lipinski definition) is 6. The lowest BCUT2D eigenvalue weighted by Crippen LogP contribution is -2.26. The number of rotatable bonds is 3. The van der Waals surface area contributed by atoms with E-state index in [1.807, 2.05) is 13.0 Å². The molecule has 0 amide bonds. The summed E-state index contributed by atoms with van der Waals surface area (Å²) < 4.78 is 5.24. The fraction of sp³-hybridized carbons (Fsp3) is 0.300. The maximum Gasteiger partial charge on any atom is 0.231 e. The predicted octanol–water partition coefficient (Wildman–Crippen LogP) is 0.908. The Bertz CT molecular complexity index is 413. The van der Waals surface area contributed by atoms with E-state index < -0.39 is 0 Å². The average molecular weight is 220 g/mol. The van der Waals surface area contributed by atoms with Gasteiger partial charge in [0.15, 0.2) is 5.75 Å². The van der Waals surface area contributed by atoms with Crippen LogP contribution in [0.2, 0.25) is 0 Å². The minimum Gasteiger partial charge on any atom is -0.505 e. The van der Waals surface area contributed by atoms with Crippen molar-refractivity contribution < 1.29 is 9.84 Å². The Morgan fingerprint density at radius 2 is 2.19 bits per heavy atom. The summed E-state index contributed by atoms with van der Waals surface area (Å²) in [6.45, 7) is 3.11. The molecule has 6 nitrogen and oxygen atoms in total. The molecule has 84 valence electrons. The van der Waals surface area contributed by atoms with E-state index in [0.717, 1.165) is 0 Å². The van der Waals surface area contributed by atoms with Crippen LogP contribution >= 0.6 is 0 Å². The molecular weight excluding hydrogens is 208 g/mol. The summed E-state index contributed by atoms with van der Waals surface area (Å²) >= 11 is 0. The Balaban J connectivity index is 2.05. The molecule has 1 aromatic rings. The van der Waals surface area contributed by atoms with Crippen molar-refractivity contribution >= 4 is 12.3 Å². The van der Waals surface area contributed by atoms with Crippen LogP contribution in [0.4, 0.5) is 5.95 Å². The Morgan fingerprint density at radius 3 is 2.75 bits per heavy atom. The van der Waals surface area contributed by atoms with Gasteiger partial charge in [-0.15, -0.1) is 0 Å². The van der Waals surface area contributed by atoms with Crippen molar-refractivity contribution in [3.8, 4) is 5.75 Å². The van der Waals surface area contributed by atoms with E-state index in [9.17, 15) is 0 Å². The molecule has 0 unspecified atom stereocenters. The van der Waals surface area contributed by atoms with Crippen molar-refractivity contribution in [3.63, 3.8) is 0 Å². The summed E-state index contributed by atoms with van der Waals surface area (Å²) in [7, 11) is 0. The highest BCUT2D eigenvalue weighted by atomic mass is 16.5. The summed E-state index contributed by atoms with van der Waals surface area (Å²) in [5, 5.41) is 9.06. The number of aromatic hydroxyl groups is 1. The molecule has 0 bridgehead atoms. The molecule has 16 heavy (non-hydrogen) atoms. The number of ether oxygens (including phenoxy) is 1. The molecule has 0 saturated carbocycles. The Hall–Kier alpha value is -2.11. The van der Waals surface area contributed by atoms with Crippen molar-refractivity contribution in [1.82, 2.24) is 9.97 Å². The zero-order valence-corrected chi connectivity index (χ0v) is 8.87. The van der Waals surface area contributed by atoms with Gasteiger partial charge in [-0.3, -0.25) is 4.90 Å². The molecule has 0 radical (unpaired) electrons. The summed E-state index contributed by atoms with van der Waals surface area (Å²) in [6, 6.07) is 0. The first-order valence-electron chi connectivity index (χ1n) is 4.94. The zero-order valence-electron chi connectivity index (χ0n) is 8.87. The van der Waals surface area contributed by atoms with Gasteiger partial charge in [0.05, 0.1) is 25.5 Å². The topological polar surface area (TPSA) is 70.8 Å². The van der Waals surface area contributed by atoms with Gasteiger partial charge in [-0.1, -0.05) is 0 Å². The molecule has 0 aromatic carbocycles. The molecule has 1 N–H and O–H groups in total. The molecule has 2 rings (SSSR count). The highest BCUT2D eigenvalue weighted by Crippen LogP contribution is 2.12. The Kier molecular flexibility index (Phi) is 3.00. The lowest BCUT2D eigenvalue weighted by Gasteiger charge is -2.19. The smallest absolute Gasteiger partial charge is 0.231 e. The largest absolute Gasteiger partial charge is 0.505 e. The van der Waals surface area contributed by atoms with E-state index in [1.165, 1.54) is 12.4 Å². The summed E-state index contributed by atoms with van der Waals surface area (Å²) in [5.74, 6) is 1.15. The first-order chi connectivity index (χ1) is 7.79. The van der Waals surface area contributed by atoms with Gasteiger partial charge in [-0.2, -0.15) is 0 Å². The first kappa shape index (κ1) is 10.4. The summed E-state index contributed by atoms with van der Waals surface area (Å²) in [4.78, 5) is 13.8. The monoisotopic (exact) mass is 220 g/mol. The standard InChI is InChI=1S/C10H12N4O2/c1-2-16-9-3-4-14(7-13-9)10-11-5-8(15)6-12-10/h3,5-7,15H,2,4H2,1H3. The molecule has 0 aliphatic carbocycles. The van der Waals surface area contributed by atoms with Gasteiger partial charge in [0.25, 0.3) is 0 Å². The van der Waals surface area contributed by atoms with Crippen molar-refractivity contribution in [3.05, 3.63) is 24.4 Å². The number of nitrogens with zero attached hydrogens (tertiary/aromatic N) is 4. The molecule has 2 heterocycles. The normalized spacial score (nSPS) is 14.8. The molecule has 0 fully saturated rings. The number of anilines is 1. The third-order valence-electron chi connectivity index (χ3n) is 1.96. The minimum atomic E-state index is 0.0447. The van der Waals surface area contributed by atoms with E-state index in [2.05, 4.69) is 15.0 Å². The Labute approximate surface area is 92.9 Å². The van der Waals surface area contributed by atoms with Gasteiger partial charge in [0.1, 0.15) is 6.34 Å². The van der Waals surface area contributed by atoms with Crippen molar-refractivity contribution in [2.75, 3.05) is 18.1 Å². The van der Waals surface area contributed by atoms with Crippen LogP contribution in [0.1, 0.15) is 6.92 Å². The van der Waals surface area contributed by atoms with Gasteiger partial charge in [-0.05, 0) is 13.0 Å². The minimum absolute atomic E-state index is 0.0447. The molecule has 0 atom stereocenters. The average Bonchev–Trinajstić information content (AvgIpc) is 2.32. The summed E-state index contributed by atoms with van der Waals surface area (Å²) in [6.07, 6.45) is 6.15. The van der Waals surface area contributed by atoms with Crippen LogP contribution in [0.15, 0.2) is 29.3 Å². The van der Waals surface area contributed by atoms with Gasteiger partial charge >= 0.3 is 0 Å². The molecule has 6 heteroatoms. The molecule has 0 saturated heterocycles. The van der Waals surface area contributed by atoms with Gasteiger partial charge in [0.2, 0.25) is 11.8 Å². The second-order valence-electron chi connectivity index (χ2n) is 3.11. The van der Waals surface area contributed by atoms with E-state index in [-0.39, 0.29) is 5.75 Å². The van der Waals surface area contributed by atoms with Crippen LogP contribution in [0.3, 0.4) is 0 Å². The predicted molar refractivity (Wildman–Crippen MR) is 59.2 cm³/mol. The third kappa shape index (κ3) is 2.28. The van der Waals surface area contributed by atoms with Crippen molar-refractivity contribution in [2.24, 2.45) is 4.99 Å². The second kappa shape index (κ2) is 4.61. The molecule has 1 aliphatic rings. The van der Waals surface area contributed by atoms with Gasteiger partial charge in [-0.25, -0.2) is 15.0 Å². The number of hydrogen-bond donors (Lipinski definition) is 1. The van der Waals surface area contributed by atoms with E-state index in [4.69, 9.17) is 9.84 Å². The van der Waals surface area contributed by atoms with Crippen LogP contribution in [0.25, 0.3) is 0 Å². The lowest BCUT2D eigenvalue weighted by atomic mass is 10.4. The highest BCUT2D eigenvalue weighted by molar-refractivity contribution is 5.77. The van der Waals surface area contributed by atoms with Gasteiger partial charge < -0.3 is 9.84 Å². The van der Waals surface area contributed by atoms with E-state index >= 15 is 0 Å². The van der Waals surface area contributed by atoms with Gasteiger partial charge in [0, 0.05) is 0 Å². The van der Waals surface area contributed by atoms with E-state index in [0.29, 0.717) is 25.0 Å². The maximum absolute atomic E-state index is 9.06. The molecule has 1 aliphatic heterocycles. The molecule has 0 spiro atoms. The van der Waals surface area contributed by atoms with E-state index in [1.54, 1.807) is 11.2 Å². The van der Waals surface area contributed by atoms with Crippen molar-refractivity contribution in [2.45, 2.75) is 6.92 Å². The van der Waals surface area contributed by atoms with Crippen molar-refractivity contribution in [1.29, 1.82) is 0 Å². The molecule has 1 aromatic heterocycles. The maximum atomic E-state index is 9.06. The van der Waals surface area contributed by atoms with Crippen LogP contribution in [0, 0.1) is 0 Å². The van der Waals surface area contributed by atoms with Crippen LogP contribution in [0.5, 0.6) is 5.75 Å². The first-order valence-corrected chi connectivity index (χ1v) is 4.94. The highest BCUT2D eigenvalue weighted by Gasteiger charge is 2.10. The SMILES string of the molecule is CCOC1=CCN(c2ncc(O)cn2)C=N1. The van der Waals surface area contributed by atoms with Crippen LogP contribution in [-0.2, 0) is 4.74 Å². The third-order valence-corrected chi connectivity index (χ3v) is 1.96. The lowest BCUT2D eigenvalue weighted by molar-refractivity contribution is 0.226. The number of aliphatic imine (C=N–C) groups is 1. The summed E-state index contributed by atoms with van der Waals surface area (Å²) in [5.41, 5.74) is 0. The fourth-order valence-corrected chi connectivity index (χ4v) is 1.24. The van der Waals surface area contributed by atoms with Crippen LogP contribution < -0.4 is 4.90 Å². The zero-order chi connectivity index (χ0) is 11.4. The van der Waals surface area contributed by atoms with Crippen LogP contribution in [-0.4, -0.2) is 34.6 Å². The quantitative estimate of drug-likeness (QED) is 0.819.